The smallest absolute Gasteiger partial charge is 0.320 e. The van der Waals surface area contributed by atoms with Crippen LogP contribution in [-0.2, 0) is 11.3 Å². The van der Waals surface area contributed by atoms with E-state index in [4.69, 9.17) is 4.74 Å². The third-order valence-electron chi connectivity index (χ3n) is 2.58. The van der Waals surface area contributed by atoms with E-state index in [0.717, 1.165) is 0 Å². The van der Waals surface area contributed by atoms with Crippen molar-refractivity contribution in [2.75, 3.05) is 33.4 Å². The predicted molar refractivity (Wildman–Crippen MR) is 63.6 cm³/mol. The van der Waals surface area contributed by atoms with Gasteiger partial charge in [-0.3, -0.25) is 0 Å². The van der Waals surface area contributed by atoms with Crippen LogP contribution in [0.3, 0.4) is 0 Å². The SMILES string of the molecule is CN(Cc1cccs1)C(=O)N1CCOCC1. The summed E-state index contributed by atoms with van der Waals surface area (Å²) in [6.45, 7) is 3.40. The van der Waals surface area contributed by atoms with E-state index in [9.17, 15) is 4.79 Å². The van der Waals surface area contributed by atoms with E-state index >= 15 is 0 Å². The highest BCUT2D eigenvalue weighted by Gasteiger charge is 2.20. The Bertz CT molecular complexity index is 334. The van der Waals surface area contributed by atoms with Crippen LogP contribution in [0, 0.1) is 0 Å². The van der Waals surface area contributed by atoms with E-state index in [1.54, 1.807) is 16.2 Å². The summed E-state index contributed by atoms with van der Waals surface area (Å²) in [5.41, 5.74) is 0. The van der Waals surface area contributed by atoms with E-state index < -0.39 is 0 Å². The van der Waals surface area contributed by atoms with Gasteiger partial charge in [-0.1, -0.05) is 6.07 Å². The highest BCUT2D eigenvalue weighted by molar-refractivity contribution is 7.09. The summed E-state index contributed by atoms with van der Waals surface area (Å²) in [6.07, 6.45) is 0. The number of thiophene rings is 1. The largest absolute Gasteiger partial charge is 0.378 e. The van der Waals surface area contributed by atoms with Gasteiger partial charge in [0.05, 0.1) is 19.8 Å². The van der Waals surface area contributed by atoms with Crippen molar-refractivity contribution in [3.05, 3.63) is 22.4 Å². The van der Waals surface area contributed by atoms with E-state index in [-0.39, 0.29) is 6.03 Å². The summed E-state index contributed by atoms with van der Waals surface area (Å²) in [6, 6.07) is 4.15. The Labute approximate surface area is 99.4 Å². The molecule has 0 saturated carbocycles. The van der Waals surface area contributed by atoms with E-state index in [2.05, 4.69) is 0 Å². The molecule has 1 fully saturated rings. The highest BCUT2D eigenvalue weighted by atomic mass is 32.1. The first-order valence-corrected chi connectivity index (χ1v) is 6.25. The number of hydrogen-bond donors (Lipinski definition) is 0. The molecule has 4 nitrogen and oxygen atoms in total. The zero-order chi connectivity index (χ0) is 11.4. The van der Waals surface area contributed by atoms with Crippen LogP contribution in [0.5, 0.6) is 0 Å². The molecule has 2 heterocycles. The summed E-state index contributed by atoms with van der Waals surface area (Å²) in [5.74, 6) is 0. The Morgan fingerprint density at radius 1 is 1.56 bits per heavy atom. The van der Waals surface area contributed by atoms with Crippen molar-refractivity contribution in [2.45, 2.75) is 6.54 Å². The van der Waals surface area contributed by atoms with Crippen LogP contribution in [-0.4, -0.2) is 49.2 Å². The Kier molecular flexibility index (Phi) is 3.79. The van der Waals surface area contributed by atoms with Gasteiger partial charge in [0.1, 0.15) is 0 Å². The molecule has 5 heteroatoms. The van der Waals surface area contributed by atoms with Gasteiger partial charge in [0.15, 0.2) is 0 Å². The average Bonchev–Trinajstić information content (AvgIpc) is 2.82. The summed E-state index contributed by atoms with van der Waals surface area (Å²) >= 11 is 1.68. The van der Waals surface area contributed by atoms with Crippen LogP contribution in [0.15, 0.2) is 17.5 Å². The average molecular weight is 240 g/mol. The van der Waals surface area contributed by atoms with Crippen molar-refractivity contribution in [1.29, 1.82) is 0 Å². The van der Waals surface area contributed by atoms with Crippen LogP contribution in [0.1, 0.15) is 4.88 Å². The van der Waals surface area contributed by atoms with Crippen LogP contribution in [0.4, 0.5) is 4.79 Å². The molecule has 0 atom stereocenters. The van der Waals surface area contributed by atoms with Gasteiger partial charge in [-0.2, -0.15) is 0 Å². The van der Waals surface area contributed by atoms with Gasteiger partial charge in [0.2, 0.25) is 0 Å². The van der Waals surface area contributed by atoms with Gasteiger partial charge < -0.3 is 14.5 Å². The van der Waals surface area contributed by atoms with Crippen LogP contribution in [0.25, 0.3) is 0 Å². The number of urea groups is 1. The van der Waals surface area contributed by atoms with Crippen molar-refractivity contribution in [3.63, 3.8) is 0 Å². The number of ether oxygens (including phenoxy) is 1. The molecule has 88 valence electrons. The molecule has 0 bridgehead atoms. The maximum atomic E-state index is 12.0. The molecule has 0 N–H and O–H groups in total. The Hall–Kier alpha value is -1.07. The number of morpholine rings is 1. The molecule has 1 aliphatic heterocycles. The first kappa shape index (κ1) is 11.4. The molecule has 0 spiro atoms. The topological polar surface area (TPSA) is 32.8 Å². The molecule has 1 saturated heterocycles. The van der Waals surface area contributed by atoms with Crippen molar-refractivity contribution in [2.24, 2.45) is 0 Å². The minimum atomic E-state index is 0.0942. The van der Waals surface area contributed by atoms with Gasteiger partial charge in [0, 0.05) is 25.0 Å². The van der Waals surface area contributed by atoms with Crippen molar-refractivity contribution in [3.8, 4) is 0 Å². The molecule has 1 aliphatic rings. The number of nitrogens with zero attached hydrogens (tertiary/aromatic N) is 2. The van der Waals surface area contributed by atoms with Gasteiger partial charge >= 0.3 is 6.03 Å². The lowest BCUT2D eigenvalue weighted by Gasteiger charge is -2.30. The maximum absolute atomic E-state index is 12.0. The molecule has 2 rings (SSSR count). The van der Waals surface area contributed by atoms with Crippen molar-refractivity contribution < 1.29 is 9.53 Å². The third-order valence-corrected chi connectivity index (χ3v) is 3.44. The minimum absolute atomic E-state index is 0.0942. The van der Waals surface area contributed by atoms with Crippen LogP contribution < -0.4 is 0 Å². The van der Waals surface area contributed by atoms with E-state index in [1.807, 2.05) is 29.5 Å². The van der Waals surface area contributed by atoms with Gasteiger partial charge in [-0.05, 0) is 11.4 Å². The summed E-state index contributed by atoms with van der Waals surface area (Å²) < 4.78 is 5.23. The Balaban J connectivity index is 1.88. The quantitative estimate of drug-likeness (QED) is 0.787. The lowest BCUT2D eigenvalue weighted by Crippen LogP contribution is -2.46. The molecule has 1 aromatic rings. The monoisotopic (exact) mass is 240 g/mol. The van der Waals surface area contributed by atoms with Crippen molar-refractivity contribution >= 4 is 17.4 Å². The lowest BCUT2D eigenvalue weighted by molar-refractivity contribution is 0.0448. The first-order chi connectivity index (χ1) is 7.77. The lowest BCUT2D eigenvalue weighted by atomic mass is 10.4. The zero-order valence-electron chi connectivity index (χ0n) is 9.39. The summed E-state index contributed by atoms with van der Waals surface area (Å²) in [5, 5.41) is 2.03. The first-order valence-electron chi connectivity index (χ1n) is 5.37. The van der Waals surface area contributed by atoms with Gasteiger partial charge in [-0.15, -0.1) is 11.3 Å². The van der Waals surface area contributed by atoms with E-state index in [0.29, 0.717) is 32.8 Å². The van der Waals surface area contributed by atoms with Crippen LogP contribution >= 0.6 is 11.3 Å². The maximum Gasteiger partial charge on any atom is 0.320 e. The second kappa shape index (κ2) is 5.32. The molecule has 0 aliphatic carbocycles. The fraction of sp³-hybridized carbons (Fsp3) is 0.545. The molecule has 0 aromatic carbocycles. The highest BCUT2D eigenvalue weighted by Crippen LogP contribution is 2.12. The standard InChI is InChI=1S/C11H16N2O2S/c1-12(9-10-3-2-8-16-10)11(14)13-4-6-15-7-5-13/h2-3,8H,4-7,9H2,1H3. The Morgan fingerprint density at radius 2 is 2.31 bits per heavy atom. The zero-order valence-corrected chi connectivity index (χ0v) is 10.2. The van der Waals surface area contributed by atoms with Crippen molar-refractivity contribution in [1.82, 2.24) is 9.80 Å². The fourth-order valence-corrected chi connectivity index (χ4v) is 2.46. The number of rotatable bonds is 2. The number of carbonyl (C=O) groups excluding carboxylic acids is 1. The molecular formula is C11H16N2O2S. The molecule has 1 aromatic heterocycles. The molecule has 2 amide bonds. The fourth-order valence-electron chi connectivity index (χ4n) is 1.70. The van der Waals surface area contributed by atoms with Crippen LogP contribution in [0.2, 0.25) is 0 Å². The Morgan fingerprint density at radius 3 is 2.94 bits per heavy atom. The number of carbonyl (C=O) groups is 1. The summed E-state index contributed by atoms with van der Waals surface area (Å²) in [4.78, 5) is 16.8. The minimum Gasteiger partial charge on any atom is -0.378 e. The van der Waals surface area contributed by atoms with Gasteiger partial charge in [-0.25, -0.2) is 4.79 Å². The molecule has 0 unspecified atom stereocenters. The molecular weight excluding hydrogens is 224 g/mol. The second-order valence-electron chi connectivity index (χ2n) is 3.82. The number of hydrogen-bond acceptors (Lipinski definition) is 3. The number of amides is 2. The molecule has 16 heavy (non-hydrogen) atoms. The van der Waals surface area contributed by atoms with Gasteiger partial charge in [0.25, 0.3) is 0 Å². The molecule has 0 radical (unpaired) electrons. The predicted octanol–water partition coefficient (Wildman–Crippen LogP) is 1.63. The second-order valence-corrected chi connectivity index (χ2v) is 4.85. The summed E-state index contributed by atoms with van der Waals surface area (Å²) in [7, 11) is 1.84. The normalized spacial score (nSPS) is 16.2. The van der Waals surface area contributed by atoms with E-state index in [1.165, 1.54) is 4.88 Å². The third kappa shape index (κ3) is 2.74.